The molecule has 0 saturated heterocycles. The Hall–Kier alpha value is -3.59. The molecule has 0 spiro atoms. The second-order valence-electron chi connectivity index (χ2n) is 8.05. The fourth-order valence-corrected chi connectivity index (χ4v) is 3.32. The van der Waals surface area contributed by atoms with Gasteiger partial charge >= 0.3 is 0 Å². The third-order valence-electron chi connectivity index (χ3n) is 5.29. The molecule has 0 unspecified atom stereocenters. The summed E-state index contributed by atoms with van der Waals surface area (Å²) in [6.45, 7) is 7.38. The van der Waals surface area contributed by atoms with Crippen LogP contribution in [-0.2, 0) is 0 Å². The van der Waals surface area contributed by atoms with Crippen LogP contribution in [0.1, 0.15) is 54.1 Å². The number of rotatable bonds is 13. The minimum Gasteiger partial charge on any atom is -0.494 e. The van der Waals surface area contributed by atoms with Gasteiger partial charge in [0.15, 0.2) is 5.78 Å². The summed E-state index contributed by atoms with van der Waals surface area (Å²) < 4.78 is 11.6. The monoisotopic (exact) mass is 440 g/mol. The Bertz CT molecular complexity index is 1030. The van der Waals surface area contributed by atoms with Crippen molar-refractivity contribution >= 4 is 17.4 Å². The molecule has 3 rings (SSSR count). The van der Waals surface area contributed by atoms with Gasteiger partial charge in [-0.15, -0.1) is 0 Å². The Morgan fingerprint density at radius 1 is 0.727 bits per heavy atom. The zero-order valence-electron chi connectivity index (χ0n) is 19.3. The van der Waals surface area contributed by atoms with Gasteiger partial charge in [0.1, 0.15) is 11.5 Å². The highest BCUT2D eigenvalue weighted by atomic mass is 16.5. The molecule has 33 heavy (non-hydrogen) atoms. The second kappa shape index (κ2) is 13.1. The SMILES string of the molecule is C=C(C)c1ccc(OCCCCCCOc2ccc(C=CC(=O)c3ccccc3)cc2)cc1. The highest BCUT2D eigenvalue weighted by molar-refractivity contribution is 6.06. The molecule has 0 fully saturated rings. The van der Waals surface area contributed by atoms with Crippen molar-refractivity contribution in [3.63, 3.8) is 0 Å². The fraction of sp³-hybridized carbons (Fsp3) is 0.233. The maximum absolute atomic E-state index is 12.1. The molecule has 0 bridgehead atoms. The van der Waals surface area contributed by atoms with E-state index in [1.807, 2.05) is 91.9 Å². The maximum Gasteiger partial charge on any atom is 0.185 e. The molecule has 170 valence electrons. The summed E-state index contributed by atoms with van der Waals surface area (Å²) in [5.41, 5.74) is 3.87. The van der Waals surface area contributed by atoms with Gasteiger partial charge in [-0.25, -0.2) is 0 Å². The summed E-state index contributed by atoms with van der Waals surface area (Å²) in [6.07, 6.45) is 7.71. The van der Waals surface area contributed by atoms with Crippen LogP contribution in [0.5, 0.6) is 11.5 Å². The van der Waals surface area contributed by atoms with E-state index < -0.39 is 0 Å². The molecule has 3 aromatic rings. The summed E-state index contributed by atoms with van der Waals surface area (Å²) in [5.74, 6) is 1.76. The fourth-order valence-electron chi connectivity index (χ4n) is 3.32. The molecule has 0 aliphatic carbocycles. The number of unbranched alkanes of at least 4 members (excludes halogenated alkanes) is 3. The smallest absolute Gasteiger partial charge is 0.185 e. The van der Waals surface area contributed by atoms with E-state index in [0.29, 0.717) is 12.2 Å². The van der Waals surface area contributed by atoms with E-state index in [1.165, 1.54) is 0 Å². The molecule has 0 atom stereocenters. The van der Waals surface area contributed by atoms with Gasteiger partial charge in [0.25, 0.3) is 0 Å². The lowest BCUT2D eigenvalue weighted by atomic mass is 10.1. The molecule has 0 amide bonds. The summed E-state index contributed by atoms with van der Waals surface area (Å²) in [5, 5.41) is 0. The summed E-state index contributed by atoms with van der Waals surface area (Å²) in [4.78, 5) is 12.1. The highest BCUT2D eigenvalue weighted by Crippen LogP contribution is 2.18. The van der Waals surface area contributed by atoms with E-state index in [0.717, 1.165) is 60.5 Å². The number of ether oxygens (including phenoxy) is 2. The van der Waals surface area contributed by atoms with Crippen molar-refractivity contribution in [2.45, 2.75) is 32.6 Å². The number of carbonyl (C=O) groups excluding carboxylic acids is 1. The average molecular weight is 441 g/mol. The molecule has 3 nitrogen and oxygen atoms in total. The van der Waals surface area contributed by atoms with Gasteiger partial charge in [0, 0.05) is 5.56 Å². The minimum atomic E-state index is 0.00186. The van der Waals surface area contributed by atoms with Gasteiger partial charge < -0.3 is 9.47 Å². The number of benzene rings is 3. The summed E-state index contributed by atoms with van der Waals surface area (Å²) in [6, 6.07) is 25.2. The van der Waals surface area contributed by atoms with Crippen LogP contribution in [0.4, 0.5) is 0 Å². The number of hydrogen-bond acceptors (Lipinski definition) is 3. The lowest BCUT2D eigenvalue weighted by Gasteiger charge is -2.08. The molecule has 0 aliphatic heterocycles. The van der Waals surface area contributed by atoms with Crippen molar-refractivity contribution in [1.82, 2.24) is 0 Å². The van der Waals surface area contributed by atoms with Crippen LogP contribution in [0.3, 0.4) is 0 Å². The first kappa shape index (κ1) is 24.1. The molecule has 0 N–H and O–H groups in total. The van der Waals surface area contributed by atoms with Crippen molar-refractivity contribution in [2.24, 2.45) is 0 Å². The Morgan fingerprint density at radius 2 is 1.27 bits per heavy atom. The number of allylic oxidation sites excluding steroid dienone is 2. The summed E-state index contributed by atoms with van der Waals surface area (Å²) >= 11 is 0. The first-order valence-corrected chi connectivity index (χ1v) is 11.5. The van der Waals surface area contributed by atoms with Gasteiger partial charge in [-0.2, -0.15) is 0 Å². The Balaban J connectivity index is 1.27. The van der Waals surface area contributed by atoms with Crippen LogP contribution in [0.2, 0.25) is 0 Å². The standard InChI is InChI=1S/C30H32O3/c1-24(2)26-15-19-29(20-16-26)33-23-9-4-3-8-22-32-28-17-12-25(13-18-28)14-21-30(31)27-10-6-5-7-11-27/h5-7,10-21H,1,3-4,8-9,22-23H2,2H3. The second-order valence-corrected chi connectivity index (χ2v) is 8.05. The predicted molar refractivity (Wildman–Crippen MR) is 137 cm³/mol. The largest absolute Gasteiger partial charge is 0.494 e. The van der Waals surface area contributed by atoms with Crippen molar-refractivity contribution in [3.8, 4) is 11.5 Å². The molecule has 0 aromatic heterocycles. The van der Waals surface area contributed by atoms with Crippen LogP contribution in [0, 0.1) is 0 Å². The topological polar surface area (TPSA) is 35.5 Å². The van der Waals surface area contributed by atoms with E-state index >= 15 is 0 Å². The van der Waals surface area contributed by atoms with Crippen molar-refractivity contribution in [2.75, 3.05) is 13.2 Å². The number of hydrogen-bond donors (Lipinski definition) is 0. The molecule has 0 radical (unpaired) electrons. The number of ketones is 1. The van der Waals surface area contributed by atoms with Crippen LogP contribution in [0.25, 0.3) is 11.6 Å². The zero-order valence-corrected chi connectivity index (χ0v) is 19.3. The molecule has 0 saturated carbocycles. The van der Waals surface area contributed by atoms with Gasteiger partial charge in [-0.05, 0) is 74.1 Å². The molecule has 3 aromatic carbocycles. The molecule has 0 aliphatic rings. The summed E-state index contributed by atoms with van der Waals surface area (Å²) in [7, 11) is 0. The predicted octanol–water partition coefficient (Wildman–Crippen LogP) is 7.63. The van der Waals surface area contributed by atoms with Gasteiger partial charge in [-0.3, -0.25) is 4.79 Å². The van der Waals surface area contributed by atoms with Crippen LogP contribution < -0.4 is 9.47 Å². The van der Waals surface area contributed by atoms with Crippen molar-refractivity contribution in [1.29, 1.82) is 0 Å². The molecule has 0 heterocycles. The van der Waals surface area contributed by atoms with Gasteiger partial charge in [0.2, 0.25) is 0 Å². The normalized spacial score (nSPS) is 10.8. The first-order valence-electron chi connectivity index (χ1n) is 11.5. The molecule has 3 heteroatoms. The third kappa shape index (κ3) is 8.46. The van der Waals surface area contributed by atoms with E-state index in [2.05, 4.69) is 6.58 Å². The Morgan fingerprint density at radius 3 is 1.82 bits per heavy atom. The van der Waals surface area contributed by atoms with Crippen molar-refractivity contribution in [3.05, 3.63) is 108 Å². The van der Waals surface area contributed by atoms with E-state index in [1.54, 1.807) is 6.08 Å². The van der Waals surface area contributed by atoms with Gasteiger partial charge in [-0.1, -0.05) is 72.8 Å². The highest BCUT2D eigenvalue weighted by Gasteiger charge is 2.00. The average Bonchev–Trinajstić information content (AvgIpc) is 2.85. The maximum atomic E-state index is 12.1. The van der Waals surface area contributed by atoms with Crippen LogP contribution >= 0.6 is 0 Å². The Labute approximate surface area is 197 Å². The van der Waals surface area contributed by atoms with Crippen LogP contribution in [-0.4, -0.2) is 19.0 Å². The molecular formula is C30H32O3. The third-order valence-corrected chi connectivity index (χ3v) is 5.29. The van der Waals surface area contributed by atoms with Crippen molar-refractivity contribution < 1.29 is 14.3 Å². The van der Waals surface area contributed by atoms with Crippen LogP contribution in [0.15, 0.2) is 91.5 Å². The zero-order chi connectivity index (χ0) is 23.3. The molecular weight excluding hydrogens is 408 g/mol. The van der Waals surface area contributed by atoms with E-state index in [9.17, 15) is 4.79 Å². The van der Waals surface area contributed by atoms with E-state index in [4.69, 9.17) is 9.47 Å². The lowest BCUT2D eigenvalue weighted by Crippen LogP contribution is -2.00. The Kier molecular flexibility index (Phi) is 9.53. The number of carbonyl (C=O) groups is 1. The first-order chi connectivity index (χ1) is 16.1. The lowest BCUT2D eigenvalue weighted by molar-refractivity contribution is 0.104. The minimum absolute atomic E-state index is 0.00186. The quantitative estimate of drug-likeness (QED) is 0.156. The van der Waals surface area contributed by atoms with Gasteiger partial charge in [0.05, 0.1) is 13.2 Å². The van der Waals surface area contributed by atoms with E-state index in [-0.39, 0.29) is 5.78 Å².